The summed E-state index contributed by atoms with van der Waals surface area (Å²) in [6, 6.07) is 11.0. The van der Waals surface area contributed by atoms with Gasteiger partial charge in [-0.05, 0) is 96.9 Å². The molecule has 1 saturated carbocycles. The Labute approximate surface area is 277 Å². The molecule has 256 valence electrons. The lowest BCUT2D eigenvalue weighted by Gasteiger charge is -2.36. The van der Waals surface area contributed by atoms with Gasteiger partial charge in [0.2, 0.25) is 17.7 Å². The van der Waals surface area contributed by atoms with Gasteiger partial charge in [0, 0.05) is 18.9 Å². The molecule has 1 aliphatic rings. The predicted octanol–water partition coefficient (Wildman–Crippen LogP) is 4.56. The number of nitrogens with two attached hydrogens (primary N) is 1. The number of amides is 4. The Kier molecular flexibility index (Phi) is 12.2. The summed E-state index contributed by atoms with van der Waals surface area (Å²) in [6.07, 6.45) is 0.329. The minimum absolute atomic E-state index is 0.0910. The van der Waals surface area contributed by atoms with E-state index in [1.54, 1.807) is 47.6 Å². The molecule has 11 heteroatoms. The molecule has 1 fully saturated rings. The molecule has 0 spiro atoms. The molecule has 4 N–H and O–H groups in total. The Morgan fingerprint density at radius 3 is 2.02 bits per heavy atom. The fourth-order valence-corrected chi connectivity index (χ4v) is 5.20. The number of hydrogen-bond donors (Lipinski definition) is 3. The fourth-order valence-electron chi connectivity index (χ4n) is 5.20. The van der Waals surface area contributed by atoms with E-state index in [1.807, 2.05) is 56.3 Å². The first-order valence-corrected chi connectivity index (χ1v) is 16.1. The highest BCUT2D eigenvalue weighted by molar-refractivity contribution is 5.94. The van der Waals surface area contributed by atoms with E-state index in [0.29, 0.717) is 18.4 Å². The highest BCUT2D eigenvalue weighted by Crippen LogP contribution is 2.37. The third-order valence-corrected chi connectivity index (χ3v) is 7.62. The first-order chi connectivity index (χ1) is 21.9. The maximum Gasteiger partial charge on any atom is 0.408 e. The van der Waals surface area contributed by atoms with Crippen molar-refractivity contribution in [1.29, 1.82) is 0 Å². The summed E-state index contributed by atoms with van der Waals surface area (Å²) in [6.45, 7) is 14.1. The third-order valence-electron chi connectivity index (χ3n) is 7.62. The standard InChI is InChI=1S/C36H50N4O7/c1-22-13-12-16-26(23(22)2)30(31(42)38-28(33(44)46-35(3,4)5)21-24-14-10-9-11-15-24)40(25-17-18-25)32(43)27(19-20-29(37)41)39-34(45)47-36(6,7)8/h9-16,25,27-28,30H,17-21H2,1-8H3,(H2,37,41)(H,38,42)(H,39,45). The van der Waals surface area contributed by atoms with E-state index in [0.717, 1.165) is 16.7 Å². The molecule has 0 radical (unpaired) electrons. The van der Waals surface area contributed by atoms with Crippen molar-refractivity contribution < 1.29 is 33.4 Å². The van der Waals surface area contributed by atoms with Gasteiger partial charge in [-0.1, -0.05) is 48.5 Å². The van der Waals surface area contributed by atoms with Crippen LogP contribution in [0.4, 0.5) is 4.79 Å². The number of ether oxygens (including phenoxy) is 2. The van der Waals surface area contributed by atoms with Crippen molar-refractivity contribution in [2.45, 2.75) is 123 Å². The number of esters is 1. The number of nitrogens with zero attached hydrogens (tertiary/aromatic N) is 1. The number of rotatable bonds is 13. The van der Waals surface area contributed by atoms with Gasteiger partial charge < -0.3 is 30.7 Å². The van der Waals surface area contributed by atoms with E-state index in [1.165, 1.54) is 4.90 Å². The van der Waals surface area contributed by atoms with Crippen molar-refractivity contribution in [3.8, 4) is 0 Å². The van der Waals surface area contributed by atoms with Crippen molar-refractivity contribution >= 4 is 29.8 Å². The van der Waals surface area contributed by atoms with Crippen LogP contribution in [-0.4, -0.2) is 64.0 Å². The molecular weight excluding hydrogens is 600 g/mol. The van der Waals surface area contributed by atoms with Gasteiger partial charge in [0.25, 0.3) is 0 Å². The maximum absolute atomic E-state index is 14.6. The van der Waals surface area contributed by atoms with Crippen LogP contribution in [0.2, 0.25) is 0 Å². The first-order valence-electron chi connectivity index (χ1n) is 16.1. The number of primary amides is 1. The number of nitrogens with one attached hydrogen (secondary N) is 2. The van der Waals surface area contributed by atoms with Crippen LogP contribution in [0.25, 0.3) is 0 Å². The second kappa shape index (κ2) is 15.5. The van der Waals surface area contributed by atoms with E-state index in [2.05, 4.69) is 10.6 Å². The molecule has 4 amide bonds. The first kappa shape index (κ1) is 37.1. The lowest BCUT2D eigenvalue weighted by molar-refractivity contribution is -0.159. The van der Waals surface area contributed by atoms with Crippen LogP contribution < -0.4 is 16.4 Å². The molecule has 2 aromatic rings. The van der Waals surface area contributed by atoms with Gasteiger partial charge in [-0.2, -0.15) is 0 Å². The van der Waals surface area contributed by atoms with Gasteiger partial charge in [0.15, 0.2) is 0 Å². The second-order valence-corrected chi connectivity index (χ2v) is 14.2. The summed E-state index contributed by atoms with van der Waals surface area (Å²) in [5, 5.41) is 5.53. The molecule has 47 heavy (non-hydrogen) atoms. The fraction of sp³-hybridized carbons (Fsp3) is 0.528. The van der Waals surface area contributed by atoms with Crippen LogP contribution >= 0.6 is 0 Å². The summed E-state index contributed by atoms with van der Waals surface area (Å²) in [5.74, 6) is -2.38. The Balaban J connectivity index is 2.08. The predicted molar refractivity (Wildman–Crippen MR) is 178 cm³/mol. The zero-order chi connectivity index (χ0) is 35.1. The average molecular weight is 651 g/mol. The van der Waals surface area contributed by atoms with Crippen LogP contribution in [0, 0.1) is 13.8 Å². The van der Waals surface area contributed by atoms with Crippen LogP contribution in [-0.2, 0) is 35.1 Å². The van der Waals surface area contributed by atoms with Gasteiger partial charge in [0.05, 0.1) is 0 Å². The van der Waals surface area contributed by atoms with Crippen molar-refractivity contribution in [2.24, 2.45) is 5.73 Å². The molecule has 3 unspecified atom stereocenters. The minimum Gasteiger partial charge on any atom is -0.458 e. The van der Waals surface area contributed by atoms with Gasteiger partial charge in [0.1, 0.15) is 29.3 Å². The molecule has 3 atom stereocenters. The van der Waals surface area contributed by atoms with Gasteiger partial charge in [-0.3, -0.25) is 14.4 Å². The number of hydrogen-bond acceptors (Lipinski definition) is 7. The quantitative estimate of drug-likeness (QED) is 0.268. The second-order valence-electron chi connectivity index (χ2n) is 14.2. The molecule has 0 aliphatic heterocycles. The lowest BCUT2D eigenvalue weighted by atomic mass is 9.94. The van der Waals surface area contributed by atoms with Gasteiger partial charge >= 0.3 is 12.1 Å². The molecule has 0 heterocycles. The summed E-state index contributed by atoms with van der Waals surface area (Å²) >= 11 is 0. The molecule has 0 aromatic heterocycles. The molecule has 1 aliphatic carbocycles. The molecular formula is C36H50N4O7. The summed E-state index contributed by atoms with van der Waals surface area (Å²) in [4.78, 5) is 68.7. The topological polar surface area (TPSA) is 157 Å². The average Bonchev–Trinajstić information content (AvgIpc) is 3.79. The molecule has 0 saturated heterocycles. The summed E-state index contributed by atoms with van der Waals surface area (Å²) in [5.41, 5.74) is 6.90. The van der Waals surface area contributed by atoms with Crippen molar-refractivity contribution in [2.75, 3.05) is 0 Å². The molecule has 11 nitrogen and oxygen atoms in total. The normalized spacial score (nSPS) is 15.1. The van der Waals surface area contributed by atoms with Crippen LogP contribution in [0.3, 0.4) is 0 Å². The SMILES string of the molecule is Cc1cccc(C(C(=O)NC(Cc2ccccc2)C(=O)OC(C)(C)C)N(C(=O)C(CCC(N)=O)NC(=O)OC(C)(C)C)C2CC2)c1C. The Bertz CT molecular complexity index is 1440. The number of carbonyl (C=O) groups is 5. The number of carbonyl (C=O) groups excluding carboxylic acids is 5. The summed E-state index contributed by atoms with van der Waals surface area (Å²) in [7, 11) is 0. The van der Waals surface area contributed by atoms with E-state index in [9.17, 15) is 24.0 Å². The van der Waals surface area contributed by atoms with Gasteiger partial charge in [-0.15, -0.1) is 0 Å². The Morgan fingerprint density at radius 2 is 1.47 bits per heavy atom. The zero-order valence-corrected chi connectivity index (χ0v) is 28.8. The smallest absolute Gasteiger partial charge is 0.408 e. The molecule has 2 aromatic carbocycles. The number of alkyl carbamates (subject to hydrolysis) is 1. The van der Waals surface area contributed by atoms with Gasteiger partial charge in [-0.25, -0.2) is 9.59 Å². The van der Waals surface area contributed by atoms with Crippen molar-refractivity contribution in [1.82, 2.24) is 15.5 Å². The Hall–Kier alpha value is -4.41. The van der Waals surface area contributed by atoms with Crippen LogP contribution in [0.15, 0.2) is 48.5 Å². The largest absolute Gasteiger partial charge is 0.458 e. The van der Waals surface area contributed by atoms with Crippen molar-refractivity contribution in [3.63, 3.8) is 0 Å². The van der Waals surface area contributed by atoms with E-state index in [-0.39, 0.29) is 25.3 Å². The Morgan fingerprint density at radius 1 is 0.851 bits per heavy atom. The monoisotopic (exact) mass is 650 g/mol. The number of benzene rings is 2. The van der Waals surface area contributed by atoms with E-state index in [4.69, 9.17) is 15.2 Å². The van der Waals surface area contributed by atoms with Crippen molar-refractivity contribution in [3.05, 3.63) is 70.8 Å². The molecule has 0 bridgehead atoms. The maximum atomic E-state index is 14.6. The molecule has 3 rings (SSSR count). The zero-order valence-electron chi connectivity index (χ0n) is 28.8. The lowest BCUT2D eigenvalue weighted by Crippen LogP contribution is -2.55. The van der Waals surface area contributed by atoms with Crippen LogP contribution in [0.5, 0.6) is 0 Å². The minimum atomic E-state index is -1.20. The van der Waals surface area contributed by atoms with E-state index >= 15 is 0 Å². The highest BCUT2D eigenvalue weighted by atomic mass is 16.6. The third kappa shape index (κ3) is 11.4. The van der Waals surface area contributed by atoms with Crippen LogP contribution in [0.1, 0.15) is 95.5 Å². The van der Waals surface area contributed by atoms with E-state index < -0.39 is 59.1 Å². The summed E-state index contributed by atoms with van der Waals surface area (Å²) < 4.78 is 11.1. The number of aryl methyl sites for hydroxylation is 1. The highest BCUT2D eigenvalue weighted by Gasteiger charge is 2.45.